The van der Waals surface area contributed by atoms with Crippen molar-refractivity contribution in [2.75, 3.05) is 12.4 Å². The number of benzene rings is 4. The first-order chi connectivity index (χ1) is 22.0. The van der Waals surface area contributed by atoms with Crippen molar-refractivity contribution in [2.45, 2.75) is 69.6 Å². The summed E-state index contributed by atoms with van der Waals surface area (Å²) in [6, 6.07) is 39.2. The summed E-state index contributed by atoms with van der Waals surface area (Å²) in [5.41, 5.74) is 2.60. The lowest BCUT2D eigenvalue weighted by Gasteiger charge is -2.45. The molecule has 0 amide bonds. The molecule has 1 saturated heterocycles. The van der Waals surface area contributed by atoms with Gasteiger partial charge in [0.15, 0.2) is 15.3 Å². The molecule has 0 N–H and O–H groups in total. The third kappa shape index (κ3) is 9.56. The summed E-state index contributed by atoms with van der Waals surface area (Å²) in [5, 5.41) is 0. The van der Waals surface area contributed by atoms with Gasteiger partial charge in [-0.05, 0) is 28.7 Å². The van der Waals surface area contributed by atoms with Gasteiger partial charge in [0.05, 0.1) is 38.8 Å². The van der Waals surface area contributed by atoms with E-state index in [4.69, 9.17) is 23.7 Å². The van der Waals surface area contributed by atoms with Gasteiger partial charge in [-0.1, -0.05) is 128 Å². The van der Waals surface area contributed by atoms with E-state index in [0.717, 1.165) is 22.3 Å². The third-order valence-electron chi connectivity index (χ3n) is 7.68. The van der Waals surface area contributed by atoms with E-state index in [2.05, 4.69) is 0 Å². The van der Waals surface area contributed by atoms with Crippen molar-refractivity contribution < 1.29 is 32.1 Å². The Bertz CT molecular complexity index is 1500. The van der Waals surface area contributed by atoms with E-state index >= 15 is 0 Å². The molecule has 4 aromatic rings. The normalized spacial score (nSPS) is 21.8. The number of rotatable bonds is 16. The quantitative estimate of drug-likeness (QED) is 0.140. The average Bonchev–Trinajstić information content (AvgIpc) is 3.07. The predicted molar refractivity (Wildman–Crippen MR) is 174 cm³/mol. The first kappa shape index (κ1) is 33.0. The van der Waals surface area contributed by atoms with Crippen LogP contribution in [-0.4, -0.2) is 50.6 Å². The molecular weight excluding hydrogens is 588 g/mol. The fourth-order valence-corrected chi connectivity index (χ4v) is 7.19. The molecule has 4 aromatic carbocycles. The van der Waals surface area contributed by atoms with Crippen molar-refractivity contribution in [2.24, 2.45) is 0 Å². The molecule has 7 nitrogen and oxygen atoms in total. The SMILES string of the molecule is CCCS(=O)(=O)[C@@H]1O[C@H](COCc2ccccc2)[C@@H](OCc2ccccc2)[C@H](OCc2ccccc2)[C@H]1OCc1ccccc1. The van der Waals surface area contributed by atoms with Gasteiger partial charge in [-0.15, -0.1) is 0 Å². The molecule has 1 aliphatic rings. The van der Waals surface area contributed by atoms with Gasteiger partial charge in [0.2, 0.25) is 0 Å². The van der Waals surface area contributed by atoms with Crippen molar-refractivity contribution in [3.05, 3.63) is 144 Å². The Balaban J connectivity index is 1.48. The minimum Gasteiger partial charge on any atom is -0.374 e. The van der Waals surface area contributed by atoms with Crippen LogP contribution in [0.2, 0.25) is 0 Å². The Labute approximate surface area is 267 Å². The number of sulfone groups is 1. The highest BCUT2D eigenvalue weighted by atomic mass is 32.2. The van der Waals surface area contributed by atoms with Gasteiger partial charge in [0, 0.05) is 0 Å². The van der Waals surface area contributed by atoms with Crippen LogP contribution < -0.4 is 0 Å². The standard InChI is InChI=1S/C37H42O7S/c1-2-23-45(38,39)37-36(43-27-32-21-13-6-14-22-32)35(42-26-31-19-11-5-12-20-31)34(41-25-30-17-9-4-10-18-30)33(44-37)28-40-24-29-15-7-3-8-16-29/h3-22,33-37H,2,23-28H2,1H3/t33-,34-,35+,36-,37+/m1/s1. The molecule has 0 radical (unpaired) electrons. The molecule has 0 aromatic heterocycles. The lowest BCUT2D eigenvalue weighted by Crippen LogP contribution is -2.63. The molecule has 45 heavy (non-hydrogen) atoms. The molecule has 8 heteroatoms. The monoisotopic (exact) mass is 630 g/mol. The smallest absolute Gasteiger partial charge is 0.187 e. The van der Waals surface area contributed by atoms with Crippen molar-refractivity contribution in [3.8, 4) is 0 Å². The van der Waals surface area contributed by atoms with Crippen LogP contribution in [0.5, 0.6) is 0 Å². The zero-order valence-corrected chi connectivity index (χ0v) is 26.5. The lowest BCUT2D eigenvalue weighted by molar-refractivity contribution is -0.256. The first-order valence-corrected chi connectivity index (χ1v) is 17.2. The molecular formula is C37H42O7S. The van der Waals surface area contributed by atoms with Gasteiger partial charge in [-0.2, -0.15) is 0 Å². The number of ether oxygens (including phenoxy) is 5. The summed E-state index contributed by atoms with van der Waals surface area (Å²) >= 11 is 0. The molecule has 0 aliphatic carbocycles. The van der Waals surface area contributed by atoms with Crippen LogP contribution in [0.4, 0.5) is 0 Å². The molecule has 5 atom stereocenters. The molecule has 0 saturated carbocycles. The molecule has 1 heterocycles. The van der Waals surface area contributed by atoms with Crippen LogP contribution in [0.3, 0.4) is 0 Å². The largest absolute Gasteiger partial charge is 0.374 e. The molecule has 1 fully saturated rings. The highest BCUT2D eigenvalue weighted by Crippen LogP contribution is 2.33. The van der Waals surface area contributed by atoms with Crippen LogP contribution in [0.15, 0.2) is 121 Å². The zero-order chi connectivity index (χ0) is 31.3. The van der Waals surface area contributed by atoms with Gasteiger partial charge in [0.1, 0.15) is 24.4 Å². The van der Waals surface area contributed by atoms with Crippen molar-refractivity contribution in [1.82, 2.24) is 0 Å². The summed E-state index contributed by atoms with van der Waals surface area (Å²) in [5.74, 6) is -0.0403. The summed E-state index contributed by atoms with van der Waals surface area (Å²) in [6.45, 7) is 3.03. The zero-order valence-electron chi connectivity index (χ0n) is 25.6. The van der Waals surface area contributed by atoms with E-state index in [-0.39, 0.29) is 32.2 Å². The van der Waals surface area contributed by atoms with Crippen LogP contribution in [0.25, 0.3) is 0 Å². The Morgan fingerprint density at radius 1 is 0.556 bits per heavy atom. The fourth-order valence-electron chi connectivity index (χ4n) is 5.44. The average molecular weight is 631 g/mol. The highest BCUT2D eigenvalue weighted by molar-refractivity contribution is 7.91. The van der Waals surface area contributed by atoms with E-state index < -0.39 is 39.7 Å². The van der Waals surface area contributed by atoms with Gasteiger partial charge in [-0.3, -0.25) is 0 Å². The number of hydrogen-bond donors (Lipinski definition) is 0. The van der Waals surface area contributed by atoms with Crippen LogP contribution >= 0.6 is 0 Å². The van der Waals surface area contributed by atoms with E-state index in [0.29, 0.717) is 13.0 Å². The molecule has 0 spiro atoms. The van der Waals surface area contributed by atoms with Gasteiger partial charge in [-0.25, -0.2) is 8.42 Å². The molecule has 0 unspecified atom stereocenters. The Morgan fingerprint density at radius 3 is 1.40 bits per heavy atom. The van der Waals surface area contributed by atoms with Gasteiger partial charge in [0.25, 0.3) is 0 Å². The maximum Gasteiger partial charge on any atom is 0.187 e. The van der Waals surface area contributed by atoms with Crippen molar-refractivity contribution in [1.29, 1.82) is 0 Å². The maximum atomic E-state index is 13.8. The van der Waals surface area contributed by atoms with E-state index in [1.807, 2.05) is 128 Å². The second-order valence-electron chi connectivity index (χ2n) is 11.2. The predicted octanol–water partition coefficient (Wildman–Crippen LogP) is 6.51. The van der Waals surface area contributed by atoms with Gasteiger partial charge < -0.3 is 23.7 Å². The minimum absolute atomic E-state index is 0.0403. The second-order valence-corrected chi connectivity index (χ2v) is 13.4. The van der Waals surface area contributed by atoms with Crippen LogP contribution in [0.1, 0.15) is 35.6 Å². The molecule has 1 aliphatic heterocycles. The van der Waals surface area contributed by atoms with Crippen molar-refractivity contribution in [3.63, 3.8) is 0 Å². The van der Waals surface area contributed by atoms with E-state index in [1.165, 1.54) is 0 Å². The van der Waals surface area contributed by atoms with Crippen molar-refractivity contribution >= 4 is 9.84 Å². The third-order valence-corrected chi connectivity index (χ3v) is 9.75. The molecule has 238 valence electrons. The topological polar surface area (TPSA) is 80.3 Å². The summed E-state index contributed by atoms with van der Waals surface area (Å²) in [6.07, 6.45) is -2.68. The highest BCUT2D eigenvalue weighted by Gasteiger charge is 2.52. The number of hydrogen-bond acceptors (Lipinski definition) is 7. The Kier molecular flexibility index (Phi) is 12.3. The molecule has 5 rings (SSSR count). The van der Waals surface area contributed by atoms with E-state index in [9.17, 15) is 8.42 Å². The first-order valence-electron chi connectivity index (χ1n) is 15.5. The Hall–Kier alpha value is -3.37. The minimum atomic E-state index is -3.74. The van der Waals surface area contributed by atoms with Gasteiger partial charge >= 0.3 is 0 Å². The maximum absolute atomic E-state index is 13.8. The summed E-state index contributed by atoms with van der Waals surface area (Å²) in [7, 11) is -3.74. The molecule has 0 bridgehead atoms. The second kappa shape index (κ2) is 16.8. The lowest BCUT2D eigenvalue weighted by atomic mass is 9.98. The van der Waals surface area contributed by atoms with Crippen LogP contribution in [-0.2, 0) is 59.9 Å². The van der Waals surface area contributed by atoms with Crippen LogP contribution in [0, 0.1) is 0 Å². The summed E-state index contributed by atoms with van der Waals surface area (Å²) < 4.78 is 59.9. The van der Waals surface area contributed by atoms with E-state index in [1.54, 1.807) is 0 Å². The Morgan fingerprint density at radius 2 is 0.956 bits per heavy atom. The summed E-state index contributed by atoms with van der Waals surface area (Å²) in [4.78, 5) is 0. The fraction of sp³-hybridized carbons (Fsp3) is 0.351.